The lowest BCUT2D eigenvalue weighted by molar-refractivity contribution is -0.190. The molecule has 1 aromatic carbocycles. The number of aromatic nitrogens is 1. The molecule has 0 aliphatic heterocycles. The SMILES string of the molecule is Cc1ncsc1C=Cc1ccc(O)c2c1C[C@@H]1C[C@@H]3[C@@H](N(C)C)C(O)C(C(N)=O)C(=O)[C@]3(O)C(=O)C1C2=O. The van der Waals surface area contributed by atoms with Crippen LogP contribution >= 0.6 is 11.3 Å². The van der Waals surface area contributed by atoms with Crippen molar-refractivity contribution >= 4 is 46.7 Å². The van der Waals surface area contributed by atoms with E-state index in [0.29, 0.717) is 11.1 Å². The molecule has 3 unspecified atom stereocenters. The largest absolute Gasteiger partial charge is 0.507 e. The van der Waals surface area contributed by atoms with Gasteiger partial charge in [0.1, 0.15) is 11.7 Å². The lowest BCUT2D eigenvalue weighted by Crippen LogP contribution is -2.75. The van der Waals surface area contributed by atoms with Crippen LogP contribution in [0.4, 0.5) is 0 Å². The second-order valence-corrected chi connectivity index (χ2v) is 11.5. The Morgan fingerprint density at radius 1 is 1.21 bits per heavy atom. The van der Waals surface area contributed by atoms with Gasteiger partial charge in [0.05, 0.1) is 28.8 Å². The van der Waals surface area contributed by atoms with Crippen molar-refractivity contribution in [3.05, 3.63) is 44.9 Å². The second-order valence-electron chi connectivity index (χ2n) is 10.6. The Labute approximate surface area is 222 Å². The molecule has 5 N–H and O–H groups in total. The highest BCUT2D eigenvalue weighted by Crippen LogP contribution is 2.51. The summed E-state index contributed by atoms with van der Waals surface area (Å²) in [4.78, 5) is 59.8. The number of aliphatic hydroxyl groups is 2. The van der Waals surface area contributed by atoms with Gasteiger partial charge in [0.25, 0.3) is 0 Å². The number of aryl methyl sites for hydroxylation is 1. The van der Waals surface area contributed by atoms with Crippen LogP contribution in [0.25, 0.3) is 12.2 Å². The molecular weight excluding hydrogens is 510 g/mol. The number of amides is 1. The van der Waals surface area contributed by atoms with Crippen LogP contribution in [0.5, 0.6) is 5.75 Å². The normalized spacial score (nSPS) is 32.8. The van der Waals surface area contributed by atoms with Gasteiger partial charge in [-0.15, -0.1) is 11.3 Å². The van der Waals surface area contributed by atoms with Crippen molar-refractivity contribution in [3.8, 4) is 5.75 Å². The number of nitrogens with zero attached hydrogens (tertiary/aromatic N) is 2. The number of phenols is 1. The van der Waals surface area contributed by atoms with E-state index in [1.54, 1.807) is 30.6 Å². The highest BCUT2D eigenvalue weighted by Gasteiger charge is 2.69. The maximum atomic E-state index is 13.9. The zero-order chi connectivity index (χ0) is 27.7. The number of fused-ring (bicyclic) bond motifs is 3. The van der Waals surface area contributed by atoms with Crippen molar-refractivity contribution < 1.29 is 34.5 Å². The number of carbonyl (C=O) groups excluding carboxylic acids is 4. The standard InChI is InChI=1S/C27H29N3O7S/c1-11-17(38-10-29-11)7-5-12-4-6-16(31)19-14(12)8-13-9-15-21(30(2)3)23(33)20(26(28)36)25(35)27(15,37)24(34)18(13)22(19)32/h4-7,10,13,15,18,20-21,23,31,33,37H,8-9H2,1-3H3,(H2,28,36)/t13-,15-,18?,20?,21-,23?,27-/m1/s1. The number of ketones is 3. The average Bonchev–Trinajstić information content (AvgIpc) is 3.25. The van der Waals surface area contributed by atoms with Gasteiger partial charge in [0, 0.05) is 16.8 Å². The molecule has 3 aliphatic rings. The molecule has 2 fully saturated rings. The fourth-order valence-corrected chi connectivity index (χ4v) is 7.33. The summed E-state index contributed by atoms with van der Waals surface area (Å²) in [7, 11) is 3.23. The van der Waals surface area contributed by atoms with E-state index in [2.05, 4.69) is 4.98 Å². The lowest BCUT2D eigenvalue weighted by Gasteiger charge is -2.54. The third-order valence-electron chi connectivity index (χ3n) is 8.41. The average molecular weight is 540 g/mol. The molecule has 11 heteroatoms. The zero-order valence-electron chi connectivity index (χ0n) is 21.1. The van der Waals surface area contributed by atoms with E-state index in [0.717, 1.165) is 10.6 Å². The Kier molecular flexibility index (Phi) is 6.38. The van der Waals surface area contributed by atoms with E-state index in [-0.39, 0.29) is 24.2 Å². The van der Waals surface area contributed by atoms with E-state index >= 15 is 0 Å². The number of aliphatic hydroxyl groups excluding tert-OH is 1. The molecule has 0 spiro atoms. The van der Waals surface area contributed by atoms with Crippen molar-refractivity contribution in [1.82, 2.24) is 9.88 Å². The predicted octanol–water partition coefficient (Wildman–Crippen LogP) is 0.594. The summed E-state index contributed by atoms with van der Waals surface area (Å²) in [6.45, 7) is 1.88. The van der Waals surface area contributed by atoms with Gasteiger partial charge in [-0.2, -0.15) is 0 Å². The van der Waals surface area contributed by atoms with Crippen LogP contribution in [-0.2, 0) is 20.8 Å². The minimum absolute atomic E-state index is 0.0104. The third kappa shape index (κ3) is 3.68. The third-order valence-corrected chi connectivity index (χ3v) is 9.30. The minimum Gasteiger partial charge on any atom is -0.507 e. The number of likely N-dealkylation sites (N-methyl/N-ethyl adjacent to an activating group) is 1. The Balaban J connectivity index is 1.60. The Morgan fingerprint density at radius 3 is 2.53 bits per heavy atom. The van der Waals surface area contributed by atoms with Gasteiger partial charge in [-0.25, -0.2) is 4.98 Å². The molecule has 7 atom stereocenters. The first-order chi connectivity index (χ1) is 17.9. The fraction of sp³-hybridized carbons (Fsp3) is 0.444. The maximum absolute atomic E-state index is 13.9. The smallest absolute Gasteiger partial charge is 0.230 e. The van der Waals surface area contributed by atoms with E-state index < -0.39 is 64.7 Å². The van der Waals surface area contributed by atoms with E-state index in [1.807, 2.05) is 19.1 Å². The molecule has 10 nitrogen and oxygen atoms in total. The van der Waals surface area contributed by atoms with Crippen LogP contribution in [0.1, 0.15) is 38.5 Å². The van der Waals surface area contributed by atoms with Gasteiger partial charge < -0.3 is 26.0 Å². The molecule has 0 saturated heterocycles. The summed E-state index contributed by atoms with van der Waals surface area (Å²) in [6.07, 6.45) is 2.50. The number of aromatic hydroxyl groups is 1. The van der Waals surface area contributed by atoms with Crippen LogP contribution in [-0.4, -0.2) is 80.3 Å². The topological polar surface area (TPSA) is 171 Å². The molecule has 1 aromatic heterocycles. The van der Waals surface area contributed by atoms with Crippen LogP contribution in [0, 0.1) is 30.6 Å². The summed E-state index contributed by atoms with van der Waals surface area (Å²) in [6, 6.07) is 2.15. The molecule has 2 aromatic rings. The number of phenolic OH excluding ortho intramolecular Hbond substituents is 1. The summed E-state index contributed by atoms with van der Waals surface area (Å²) in [5.41, 5.74) is 6.58. The predicted molar refractivity (Wildman–Crippen MR) is 138 cm³/mol. The monoisotopic (exact) mass is 539 g/mol. The first kappa shape index (κ1) is 26.4. The molecule has 0 bridgehead atoms. The summed E-state index contributed by atoms with van der Waals surface area (Å²) < 4.78 is 0. The van der Waals surface area contributed by atoms with Crippen molar-refractivity contribution in [2.75, 3.05) is 14.1 Å². The van der Waals surface area contributed by atoms with Crippen molar-refractivity contribution in [2.24, 2.45) is 29.4 Å². The maximum Gasteiger partial charge on any atom is 0.230 e. The summed E-state index contributed by atoms with van der Waals surface area (Å²) in [5.74, 6) is -9.12. The molecular formula is C27H29N3O7S. The van der Waals surface area contributed by atoms with Crippen molar-refractivity contribution in [3.63, 3.8) is 0 Å². The van der Waals surface area contributed by atoms with E-state index in [1.165, 1.54) is 17.4 Å². The molecule has 2 saturated carbocycles. The molecule has 1 heterocycles. The number of primary amides is 1. The number of rotatable bonds is 4. The molecule has 38 heavy (non-hydrogen) atoms. The Hall–Kier alpha value is -3.25. The lowest BCUT2D eigenvalue weighted by atomic mass is 9.52. The van der Waals surface area contributed by atoms with E-state index in [4.69, 9.17) is 5.73 Å². The fourth-order valence-electron chi connectivity index (χ4n) is 6.64. The zero-order valence-corrected chi connectivity index (χ0v) is 21.9. The van der Waals surface area contributed by atoms with Gasteiger partial charge in [-0.3, -0.25) is 19.2 Å². The van der Waals surface area contributed by atoms with Crippen molar-refractivity contribution in [2.45, 2.75) is 37.5 Å². The highest BCUT2D eigenvalue weighted by atomic mass is 32.1. The molecule has 0 radical (unpaired) electrons. The number of carbonyl (C=O) groups is 4. The highest BCUT2D eigenvalue weighted by molar-refractivity contribution is 7.10. The number of benzene rings is 1. The summed E-state index contributed by atoms with van der Waals surface area (Å²) in [5, 5.41) is 33.2. The van der Waals surface area contributed by atoms with Gasteiger partial charge in [0.15, 0.2) is 23.0 Å². The number of hydrogen-bond acceptors (Lipinski definition) is 10. The number of nitrogens with two attached hydrogens (primary N) is 1. The molecule has 3 aliphatic carbocycles. The second kappa shape index (κ2) is 9.19. The van der Waals surface area contributed by atoms with Gasteiger partial charge in [0.2, 0.25) is 5.91 Å². The minimum atomic E-state index is -2.67. The number of Topliss-reactive ketones (excluding diaryl/α,β-unsaturated/α-hetero) is 3. The first-order valence-corrected chi connectivity index (χ1v) is 13.2. The quantitative estimate of drug-likeness (QED) is 0.406. The molecule has 5 rings (SSSR count). The van der Waals surface area contributed by atoms with Crippen LogP contribution < -0.4 is 5.73 Å². The number of thiazole rings is 1. The van der Waals surface area contributed by atoms with Gasteiger partial charge >= 0.3 is 0 Å². The van der Waals surface area contributed by atoms with Crippen LogP contribution in [0.3, 0.4) is 0 Å². The van der Waals surface area contributed by atoms with Gasteiger partial charge in [-0.05, 0) is 63.0 Å². The molecule has 1 amide bonds. The first-order valence-electron chi connectivity index (χ1n) is 12.3. The van der Waals surface area contributed by atoms with Crippen molar-refractivity contribution in [1.29, 1.82) is 0 Å². The van der Waals surface area contributed by atoms with Crippen LogP contribution in [0.2, 0.25) is 0 Å². The number of hydrogen-bond donors (Lipinski definition) is 4. The Bertz CT molecular complexity index is 1400. The Morgan fingerprint density at radius 2 is 1.92 bits per heavy atom. The summed E-state index contributed by atoms with van der Waals surface area (Å²) >= 11 is 1.47. The van der Waals surface area contributed by atoms with Crippen LogP contribution in [0.15, 0.2) is 17.6 Å². The van der Waals surface area contributed by atoms with E-state index in [9.17, 15) is 34.5 Å². The molecule has 200 valence electrons. The van der Waals surface area contributed by atoms with Gasteiger partial charge in [-0.1, -0.05) is 12.1 Å².